The van der Waals surface area contributed by atoms with E-state index in [0.29, 0.717) is 52.4 Å². The highest BCUT2D eigenvalue weighted by atomic mass is 19.1. The topological polar surface area (TPSA) is 71.5 Å². The molecule has 0 bridgehead atoms. The summed E-state index contributed by atoms with van der Waals surface area (Å²) in [5, 5.41) is 0. The molecule has 4 rings (SSSR count). The highest BCUT2D eigenvalue weighted by Crippen LogP contribution is 2.32. The number of likely N-dealkylation sites (tertiary alicyclic amines) is 1. The third-order valence-electron chi connectivity index (χ3n) is 6.66. The normalized spacial score (nSPS) is 22.1. The number of para-hydroxylation sites is 1. The maximum absolute atomic E-state index is 14.0. The smallest absolute Gasteiger partial charge is 0.242 e. The Kier molecular flexibility index (Phi) is 7.27. The summed E-state index contributed by atoms with van der Waals surface area (Å²) < 4.78 is 30.8. The van der Waals surface area contributed by atoms with Crippen LogP contribution in [-0.2, 0) is 25.6 Å². The number of carbonyl (C=O) groups is 2. The van der Waals surface area contributed by atoms with E-state index >= 15 is 0 Å². The Morgan fingerprint density at radius 1 is 1.16 bits per heavy atom. The van der Waals surface area contributed by atoms with Gasteiger partial charge in [0.2, 0.25) is 11.8 Å². The molecule has 1 aromatic rings. The summed E-state index contributed by atoms with van der Waals surface area (Å²) in [4.78, 5) is 31.1. The van der Waals surface area contributed by atoms with Crippen molar-refractivity contribution in [2.24, 2.45) is 0 Å². The van der Waals surface area contributed by atoms with E-state index in [1.54, 1.807) is 15.9 Å². The van der Waals surface area contributed by atoms with Gasteiger partial charge in [-0.25, -0.2) is 4.39 Å². The van der Waals surface area contributed by atoms with Crippen LogP contribution in [0.15, 0.2) is 18.2 Å². The van der Waals surface area contributed by atoms with Crippen molar-refractivity contribution >= 4 is 11.8 Å². The molecular formula is C23H32FN3O5. The number of hydrogen-bond acceptors (Lipinski definition) is 6. The van der Waals surface area contributed by atoms with Crippen molar-refractivity contribution in [2.75, 3.05) is 66.2 Å². The third-order valence-corrected chi connectivity index (χ3v) is 6.66. The maximum atomic E-state index is 14.0. The number of nitrogens with zero attached hydrogens (tertiary/aromatic N) is 3. The number of carbonyl (C=O) groups excluding carboxylic acids is 2. The summed E-state index contributed by atoms with van der Waals surface area (Å²) in [5.41, 5.74) is 0.373. The van der Waals surface area contributed by atoms with E-state index in [1.165, 1.54) is 13.2 Å². The van der Waals surface area contributed by atoms with Crippen molar-refractivity contribution in [1.29, 1.82) is 0 Å². The van der Waals surface area contributed by atoms with Gasteiger partial charge in [-0.15, -0.1) is 0 Å². The second-order valence-corrected chi connectivity index (χ2v) is 8.73. The van der Waals surface area contributed by atoms with Crippen LogP contribution in [0.4, 0.5) is 4.39 Å². The van der Waals surface area contributed by atoms with Gasteiger partial charge in [0.1, 0.15) is 0 Å². The molecule has 3 saturated heterocycles. The SMILES string of the molecule is COc1c(F)cccc1CN1CCC2(CC1)CN(CC(=O)N1CCOCC1)C(=O)CCO2. The van der Waals surface area contributed by atoms with Crippen LogP contribution >= 0.6 is 0 Å². The monoisotopic (exact) mass is 449 g/mol. The Hall–Kier alpha value is -2.23. The molecule has 3 heterocycles. The summed E-state index contributed by atoms with van der Waals surface area (Å²) in [6.07, 6.45) is 1.79. The third kappa shape index (κ3) is 5.22. The molecule has 0 N–H and O–H groups in total. The van der Waals surface area contributed by atoms with E-state index in [9.17, 15) is 14.0 Å². The van der Waals surface area contributed by atoms with Crippen LogP contribution in [0.3, 0.4) is 0 Å². The molecule has 0 aromatic heterocycles. The zero-order valence-corrected chi connectivity index (χ0v) is 18.7. The van der Waals surface area contributed by atoms with Gasteiger partial charge in [-0.2, -0.15) is 0 Å². The van der Waals surface area contributed by atoms with Crippen molar-refractivity contribution < 1.29 is 28.2 Å². The van der Waals surface area contributed by atoms with Crippen LogP contribution in [0.25, 0.3) is 0 Å². The van der Waals surface area contributed by atoms with Gasteiger partial charge < -0.3 is 24.0 Å². The molecule has 0 radical (unpaired) electrons. The van der Waals surface area contributed by atoms with Gasteiger partial charge in [-0.1, -0.05) is 12.1 Å². The Morgan fingerprint density at radius 2 is 1.91 bits per heavy atom. The van der Waals surface area contributed by atoms with Crippen LogP contribution in [0.1, 0.15) is 24.8 Å². The Balaban J connectivity index is 1.37. The summed E-state index contributed by atoms with van der Waals surface area (Å²) in [6, 6.07) is 4.98. The fourth-order valence-electron chi connectivity index (χ4n) is 4.78. The Morgan fingerprint density at radius 3 is 2.62 bits per heavy atom. The molecule has 9 heteroatoms. The second-order valence-electron chi connectivity index (χ2n) is 8.73. The molecule has 3 fully saturated rings. The number of amides is 2. The first-order valence-electron chi connectivity index (χ1n) is 11.3. The highest BCUT2D eigenvalue weighted by Gasteiger charge is 2.41. The molecule has 176 valence electrons. The Labute approximate surface area is 188 Å². The van der Waals surface area contributed by atoms with Crippen molar-refractivity contribution in [2.45, 2.75) is 31.4 Å². The van der Waals surface area contributed by atoms with Gasteiger partial charge in [-0.05, 0) is 18.9 Å². The maximum Gasteiger partial charge on any atom is 0.242 e. The molecule has 0 saturated carbocycles. The van der Waals surface area contributed by atoms with Gasteiger partial charge in [0.05, 0.1) is 52.0 Å². The molecule has 1 spiro atoms. The number of piperidine rings is 1. The van der Waals surface area contributed by atoms with E-state index in [1.807, 2.05) is 6.07 Å². The first-order chi connectivity index (χ1) is 15.5. The average molecular weight is 450 g/mol. The van der Waals surface area contributed by atoms with E-state index < -0.39 is 5.60 Å². The minimum absolute atomic E-state index is 0.0320. The lowest BCUT2D eigenvalue weighted by atomic mass is 9.90. The largest absolute Gasteiger partial charge is 0.493 e. The lowest BCUT2D eigenvalue weighted by molar-refractivity contribution is -0.144. The molecule has 1 aromatic carbocycles. The molecule has 0 unspecified atom stereocenters. The van der Waals surface area contributed by atoms with Crippen molar-refractivity contribution in [3.05, 3.63) is 29.6 Å². The van der Waals surface area contributed by atoms with Crippen LogP contribution in [0.2, 0.25) is 0 Å². The summed E-state index contributed by atoms with van der Waals surface area (Å²) in [7, 11) is 1.48. The van der Waals surface area contributed by atoms with Gasteiger partial charge in [0.15, 0.2) is 11.6 Å². The lowest BCUT2D eigenvalue weighted by Crippen LogP contribution is -2.54. The molecule has 32 heavy (non-hydrogen) atoms. The predicted octanol–water partition coefficient (Wildman–Crippen LogP) is 1.28. The van der Waals surface area contributed by atoms with Gasteiger partial charge in [-0.3, -0.25) is 14.5 Å². The summed E-state index contributed by atoms with van der Waals surface area (Å²) in [5.74, 6) is -0.133. The number of methoxy groups -OCH3 is 1. The predicted molar refractivity (Wildman–Crippen MR) is 115 cm³/mol. The molecule has 0 aliphatic carbocycles. The first-order valence-corrected chi connectivity index (χ1v) is 11.3. The number of halogens is 1. The molecule has 3 aliphatic heterocycles. The quantitative estimate of drug-likeness (QED) is 0.675. The van der Waals surface area contributed by atoms with E-state index in [0.717, 1.165) is 31.5 Å². The molecule has 8 nitrogen and oxygen atoms in total. The minimum Gasteiger partial charge on any atom is -0.493 e. The fourth-order valence-corrected chi connectivity index (χ4v) is 4.78. The van der Waals surface area contributed by atoms with E-state index in [2.05, 4.69) is 4.90 Å². The minimum atomic E-state index is -0.444. The van der Waals surface area contributed by atoms with E-state index in [-0.39, 0.29) is 29.9 Å². The molecular weight excluding hydrogens is 417 g/mol. The first kappa shape index (κ1) is 22.9. The average Bonchev–Trinajstić information content (AvgIpc) is 2.95. The summed E-state index contributed by atoms with van der Waals surface area (Å²) >= 11 is 0. The number of hydrogen-bond donors (Lipinski definition) is 0. The standard InChI is InChI=1S/C23H32FN3O5/c1-30-22-18(3-2-4-19(22)24)15-25-8-6-23(7-9-25)17-27(20(28)5-12-32-23)16-21(29)26-10-13-31-14-11-26/h2-4H,5-17H2,1H3. The fraction of sp³-hybridized carbons (Fsp3) is 0.652. The Bertz CT molecular complexity index is 822. The second kappa shape index (κ2) is 10.1. The zero-order valence-electron chi connectivity index (χ0n) is 18.7. The van der Waals surface area contributed by atoms with Crippen LogP contribution in [-0.4, -0.2) is 98.3 Å². The highest BCUT2D eigenvalue weighted by molar-refractivity contribution is 5.85. The molecule has 3 aliphatic rings. The van der Waals surface area contributed by atoms with Gasteiger partial charge in [0, 0.05) is 38.3 Å². The van der Waals surface area contributed by atoms with Crippen molar-refractivity contribution in [3.8, 4) is 5.75 Å². The lowest BCUT2D eigenvalue weighted by Gasteiger charge is -2.42. The van der Waals surface area contributed by atoms with E-state index in [4.69, 9.17) is 14.2 Å². The number of benzene rings is 1. The van der Waals surface area contributed by atoms with Crippen molar-refractivity contribution in [3.63, 3.8) is 0 Å². The summed E-state index contributed by atoms with van der Waals surface area (Å²) in [6.45, 7) is 5.23. The zero-order chi connectivity index (χ0) is 22.6. The van der Waals surface area contributed by atoms with Gasteiger partial charge in [0.25, 0.3) is 0 Å². The number of ether oxygens (including phenoxy) is 3. The van der Waals surface area contributed by atoms with Gasteiger partial charge >= 0.3 is 0 Å². The number of morpholine rings is 1. The molecule has 2 amide bonds. The van der Waals surface area contributed by atoms with Crippen LogP contribution in [0, 0.1) is 5.82 Å². The number of rotatable bonds is 5. The van der Waals surface area contributed by atoms with Crippen molar-refractivity contribution in [1.82, 2.24) is 14.7 Å². The molecule has 0 atom stereocenters. The van der Waals surface area contributed by atoms with Crippen LogP contribution in [0.5, 0.6) is 5.75 Å². The van der Waals surface area contributed by atoms with Crippen LogP contribution < -0.4 is 4.74 Å².